The van der Waals surface area contributed by atoms with Crippen LogP contribution in [0.5, 0.6) is 5.75 Å². The molecule has 4 heteroatoms. The van der Waals surface area contributed by atoms with E-state index in [1.807, 2.05) is 30.3 Å². The van der Waals surface area contributed by atoms with Gasteiger partial charge in [-0.25, -0.2) is 0 Å². The number of guanidine groups is 1. The van der Waals surface area contributed by atoms with Crippen LogP contribution in [0.1, 0.15) is 33.6 Å². The minimum Gasteiger partial charge on any atom is -0.492 e. The van der Waals surface area contributed by atoms with Crippen LogP contribution in [0.3, 0.4) is 0 Å². The zero-order chi connectivity index (χ0) is 14.6. The predicted octanol–water partition coefficient (Wildman–Crippen LogP) is 2.81. The minimum absolute atomic E-state index is 0.373. The van der Waals surface area contributed by atoms with Gasteiger partial charge in [0, 0.05) is 12.6 Å². The third-order valence-electron chi connectivity index (χ3n) is 2.61. The van der Waals surface area contributed by atoms with E-state index >= 15 is 0 Å². The summed E-state index contributed by atoms with van der Waals surface area (Å²) in [6.45, 7) is 8.61. The van der Waals surface area contributed by atoms with Crippen LogP contribution in [-0.4, -0.2) is 31.7 Å². The van der Waals surface area contributed by atoms with Gasteiger partial charge in [0.1, 0.15) is 12.4 Å². The van der Waals surface area contributed by atoms with E-state index in [1.54, 1.807) is 0 Å². The largest absolute Gasteiger partial charge is 0.492 e. The summed E-state index contributed by atoms with van der Waals surface area (Å²) in [4.78, 5) is 4.54. The second-order valence-corrected chi connectivity index (χ2v) is 4.97. The zero-order valence-corrected chi connectivity index (χ0v) is 12.9. The molecule has 20 heavy (non-hydrogen) atoms. The van der Waals surface area contributed by atoms with E-state index in [0.717, 1.165) is 37.6 Å². The molecule has 0 bridgehead atoms. The SMILES string of the molecule is CCCCN=C(NCCOc1ccccc1)NC(C)C. The first-order chi connectivity index (χ1) is 9.72. The molecule has 0 unspecified atom stereocenters. The highest BCUT2D eigenvalue weighted by Gasteiger charge is 2.00. The van der Waals surface area contributed by atoms with Gasteiger partial charge in [-0.1, -0.05) is 31.5 Å². The van der Waals surface area contributed by atoms with Crippen molar-refractivity contribution < 1.29 is 4.74 Å². The number of aliphatic imine (C=N–C) groups is 1. The first kappa shape index (κ1) is 16.3. The molecule has 0 saturated heterocycles. The molecule has 0 spiro atoms. The van der Waals surface area contributed by atoms with Gasteiger partial charge in [-0.3, -0.25) is 4.99 Å². The first-order valence-electron chi connectivity index (χ1n) is 7.45. The number of unbranched alkanes of at least 4 members (excludes halogenated alkanes) is 1. The number of benzene rings is 1. The lowest BCUT2D eigenvalue weighted by Gasteiger charge is -2.15. The lowest BCUT2D eigenvalue weighted by atomic mass is 10.3. The van der Waals surface area contributed by atoms with Crippen molar-refractivity contribution in [3.05, 3.63) is 30.3 Å². The van der Waals surface area contributed by atoms with Gasteiger partial charge in [0.25, 0.3) is 0 Å². The third kappa shape index (κ3) is 7.67. The van der Waals surface area contributed by atoms with Crippen molar-refractivity contribution in [1.82, 2.24) is 10.6 Å². The van der Waals surface area contributed by atoms with Crippen LogP contribution in [0.4, 0.5) is 0 Å². The lowest BCUT2D eigenvalue weighted by Crippen LogP contribution is -2.42. The Labute approximate surface area is 122 Å². The Kier molecular flexibility index (Phi) is 8.27. The van der Waals surface area contributed by atoms with E-state index in [1.165, 1.54) is 0 Å². The van der Waals surface area contributed by atoms with E-state index in [2.05, 4.69) is 36.4 Å². The number of hydrogen-bond acceptors (Lipinski definition) is 2. The van der Waals surface area contributed by atoms with Gasteiger partial charge in [0.15, 0.2) is 5.96 Å². The van der Waals surface area contributed by atoms with Crippen molar-refractivity contribution >= 4 is 5.96 Å². The van der Waals surface area contributed by atoms with E-state index in [-0.39, 0.29) is 0 Å². The van der Waals surface area contributed by atoms with Crippen molar-refractivity contribution in [3.8, 4) is 5.75 Å². The molecule has 0 radical (unpaired) electrons. The van der Waals surface area contributed by atoms with Crippen LogP contribution in [0.2, 0.25) is 0 Å². The van der Waals surface area contributed by atoms with E-state index in [9.17, 15) is 0 Å². The van der Waals surface area contributed by atoms with Crippen LogP contribution in [0.25, 0.3) is 0 Å². The van der Waals surface area contributed by atoms with Gasteiger partial charge in [-0.05, 0) is 32.4 Å². The van der Waals surface area contributed by atoms with Gasteiger partial charge < -0.3 is 15.4 Å². The Bertz CT molecular complexity index is 377. The molecule has 0 amide bonds. The summed E-state index contributed by atoms with van der Waals surface area (Å²) in [5.74, 6) is 1.76. The summed E-state index contributed by atoms with van der Waals surface area (Å²) in [5.41, 5.74) is 0. The van der Waals surface area contributed by atoms with Crippen molar-refractivity contribution in [2.24, 2.45) is 4.99 Å². The second kappa shape index (κ2) is 10.1. The van der Waals surface area contributed by atoms with Crippen LogP contribution in [0.15, 0.2) is 35.3 Å². The molecule has 1 rings (SSSR count). The quantitative estimate of drug-likeness (QED) is 0.436. The number of rotatable bonds is 8. The molecule has 0 aliphatic carbocycles. The van der Waals surface area contributed by atoms with Gasteiger partial charge in [-0.2, -0.15) is 0 Å². The number of nitrogens with zero attached hydrogens (tertiary/aromatic N) is 1. The first-order valence-corrected chi connectivity index (χ1v) is 7.45. The van der Waals surface area contributed by atoms with E-state index in [4.69, 9.17) is 4.74 Å². The topological polar surface area (TPSA) is 45.7 Å². The Hall–Kier alpha value is -1.71. The maximum Gasteiger partial charge on any atom is 0.191 e. The Morgan fingerprint density at radius 1 is 1.25 bits per heavy atom. The summed E-state index contributed by atoms with van der Waals surface area (Å²) < 4.78 is 5.64. The molecule has 4 nitrogen and oxygen atoms in total. The zero-order valence-electron chi connectivity index (χ0n) is 12.9. The summed E-state index contributed by atoms with van der Waals surface area (Å²) in [7, 11) is 0. The fourth-order valence-corrected chi connectivity index (χ4v) is 1.63. The summed E-state index contributed by atoms with van der Waals surface area (Å²) >= 11 is 0. The number of hydrogen-bond donors (Lipinski definition) is 2. The van der Waals surface area contributed by atoms with Gasteiger partial charge in [-0.15, -0.1) is 0 Å². The van der Waals surface area contributed by atoms with Crippen LogP contribution >= 0.6 is 0 Å². The Morgan fingerprint density at radius 3 is 2.65 bits per heavy atom. The predicted molar refractivity (Wildman–Crippen MR) is 85.4 cm³/mol. The molecule has 0 fully saturated rings. The smallest absolute Gasteiger partial charge is 0.191 e. The average Bonchev–Trinajstić information content (AvgIpc) is 2.44. The second-order valence-electron chi connectivity index (χ2n) is 4.97. The molecule has 2 N–H and O–H groups in total. The molecule has 112 valence electrons. The summed E-state index contributed by atoms with van der Waals surface area (Å²) in [5, 5.41) is 6.61. The Morgan fingerprint density at radius 2 is 2.00 bits per heavy atom. The van der Waals surface area contributed by atoms with Crippen molar-refractivity contribution in [2.45, 2.75) is 39.7 Å². The molecular formula is C16H27N3O. The number of para-hydroxylation sites is 1. The molecule has 1 aromatic carbocycles. The minimum atomic E-state index is 0.373. The highest BCUT2D eigenvalue weighted by atomic mass is 16.5. The van der Waals surface area contributed by atoms with Crippen LogP contribution in [0, 0.1) is 0 Å². The number of nitrogens with one attached hydrogen (secondary N) is 2. The maximum absolute atomic E-state index is 5.64. The summed E-state index contributed by atoms with van der Waals surface area (Å²) in [6, 6.07) is 10.2. The monoisotopic (exact) mass is 277 g/mol. The van der Waals surface area contributed by atoms with Crippen molar-refractivity contribution in [3.63, 3.8) is 0 Å². The van der Waals surface area contributed by atoms with E-state index < -0.39 is 0 Å². The van der Waals surface area contributed by atoms with Crippen molar-refractivity contribution in [1.29, 1.82) is 0 Å². The normalized spacial score (nSPS) is 11.5. The lowest BCUT2D eigenvalue weighted by molar-refractivity contribution is 0.321. The standard InChI is InChI=1S/C16H27N3O/c1-4-5-11-17-16(19-14(2)3)18-12-13-20-15-9-7-6-8-10-15/h6-10,14H,4-5,11-13H2,1-3H3,(H2,17,18,19). The molecule has 0 aromatic heterocycles. The molecule has 0 atom stereocenters. The maximum atomic E-state index is 5.64. The van der Waals surface area contributed by atoms with Crippen molar-refractivity contribution in [2.75, 3.05) is 19.7 Å². The van der Waals surface area contributed by atoms with Crippen LogP contribution in [-0.2, 0) is 0 Å². The molecule has 0 aliphatic rings. The molecule has 0 aliphatic heterocycles. The van der Waals surface area contributed by atoms with Gasteiger partial charge >= 0.3 is 0 Å². The average molecular weight is 277 g/mol. The summed E-state index contributed by atoms with van der Waals surface area (Å²) in [6.07, 6.45) is 2.28. The Balaban J connectivity index is 2.28. The highest BCUT2D eigenvalue weighted by Crippen LogP contribution is 2.07. The van der Waals surface area contributed by atoms with E-state index in [0.29, 0.717) is 12.6 Å². The molecule has 1 aromatic rings. The van der Waals surface area contributed by atoms with Crippen LogP contribution < -0.4 is 15.4 Å². The fraction of sp³-hybridized carbons (Fsp3) is 0.562. The molecule has 0 saturated carbocycles. The third-order valence-corrected chi connectivity index (χ3v) is 2.61. The number of ether oxygens (including phenoxy) is 1. The molecular weight excluding hydrogens is 250 g/mol. The van der Waals surface area contributed by atoms with Gasteiger partial charge in [0.2, 0.25) is 0 Å². The highest BCUT2D eigenvalue weighted by molar-refractivity contribution is 5.80. The molecule has 0 heterocycles. The van der Waals surface area contributed by atoms with Gasteiger partial charge in [0.05, 0.1) is 6.54 Å². The fourth-order valence-electron chi connectivity index (χ4n) is 1.63.